The number of ether oxygens (including phenoxy) is 2. The van der Waals surface area contributed by atoms with Gasteiger partial charge < -0.3 is 25.2 Å². The van der Waals surface area contributed by atoms with E-state index in [-0.39, 0.29) is 12.8 Å². The third-order valence-electron chi connectivity index (χ3n) is 5.60. The molecule has 1 aliphatic rings. The minimum absolute atomic E-state index is 0.251. The number of esters is 1. The molecule has 1 aliphatic heterocycles. The summed E-state index contributed by atoms with van der Waals surface area (Å²) in [4.78, 5) is 36.4. The lowest BCUT2D eigenvalue weighted by Crippen LogP contribution is -2.52. The molecule has 3 N–H and O–H groups in total. The van der Waals surface area contributed by atoms with Gasteiger partial charge in [-0.25, -0.2) is 4.79 Å². The summed E-state index contributed by atoms with van der Waals surface area (Å²) < 4.78 is 10.3. The Hall–Kier alpha value is -3.23. The Kier molecular flexibility index (Phi) is 8.97. The maximum absolute atomic E-state index is 12.8. The third-order valence-corrected chi connectivity index (χ3v) is 5.60. The van der Waals surface area contributed by atoms with Crippen molar-refractivity contribution >= 4 is 17.8 Å². The van der Waals surface area contributed by atoms with E-state index in [1.54, 1.807) is 0 Å². The summed E-state index contributed by atoms with van der Waals surface area (Å²) in [6.45, 7) is 1.74. The molecule has 0 aliphatic carbocycles. The zero-order chi connectivity index (χ0) is 23.6. The average molecular weight is 455 g/mol. The average Bonchev–Trinajstić information content (AvgIpc) is 3.28. The van der Waals surface area contributed by atoms with Crippen LogP contribution >= 0.6 is 0 Å². The van der Waals surface area contributed by atoms with Crippen molar-refractivity contribution in [3.05, 3.63) is 70.8 Å². The number of carbonyl (C=O) groups excluding carboxylic acids is 2. The van der Waals surface area contributed by atoms with Crippen LogP contribution in [0.3, 0.4) is 0 Å². The van der Waals surface area contributed by atoms with Crippen molar-refractivity contribution in [3.63, 3.8) is 0 Å². The number of rotatable bonds is 12. The second kappa shape index (κ2) is 12.1. The Morgan fingerprint density at radius 1 is 1.03 bits per heavy atom. The number of methoxy groups -OCH3 is 1. The first kappa shape index (κ1) is 24.4. The third kappa shape index (κ3) is 7.40. The molecule has 0 aromatic heterocycles. The van der Waals surface area contributed by atoms with Crippen LogP contribution in [-0.4, -0.2) is 48.7 Å². The summed E-state index contributed by atoms with van der Waals surface area (Å²) >= 11 is 0. The van der Waals surface area contributed by atoms with Gasteiger partial charge >= 0.3 is 11.9 Å². The number of amides is 1. The summed E-state index contributed by atoms with van der Waals surface area (Å²) in [6, 6.07) is 13.6. The molecule has 8 heteroatoms. The normalized spacial score (nSPS) is 14.2. The topological polar surface area (TPSA) is 114 Å². The van der Waals surface area contributed by atoms with Crippen LogP contribution in [0.15, 0.2) is 48.5 Å². The maximum Gasteiger partial charge on any atom is 0.328 e. The minimum atomic E-state index is -1.10. The molecule has 0 radical (unpaired) electrons. The van der Waals surface area contributed by atoms with Crippen LogP contribution < -0.4 is 10.6 Å². The second-order valence-electron chi connectivity index (χ2n) is 8.08. The molecular formula is C25H30N2O6. The molecule has 2 unspecified atom stereocenters. The van der Waals surface area contributed by atoms with Gasteiger partial charge in [-0.05, 0) is 41.6 Å². The fraction of sp³-hybridized carbons (Fsp3) is 0.400. The lowest BCUT2D eigenvalue weighted by Gasteiger charge is -2.21. The van der Waals surface area contributed by atoms with Crippen LogP contribution in [0.1, 0.15) is 35.1 Å². The van der Waals surface area contributed by atoms with Gasteiger partial charge in [-0.1, -0.05) is 48.5 Å². The summed E-state index contributed by atoms with van der Waals surface area (Å²) in [5.41, 5.74) is 4.45. The summed E-state index contributed by atoms with van der Waals surface area (Å²) in [5, 5.41) is 14.9. The van der Waals surface area contributed by atoms with Crippen molar-refractivity contribution in [2.45, 2.75) is 51.0 Å². The quantitative estimate of drug-likeness (QED) is 0.332. The van der Waals surface area contributed by atoms with E-state index in [0.29, 0.717) is 19.8 Å². The number of carbonyl (C=O) groups is 3. The number of hydrogen-bond acceptors (Lipinski definition) is 6. The van der Waals surface area contributed by atoms with Crippen molar-refractivity contribution in [1.82, 2.24) is 10.6 Å². The second-order valence-corrected chi connectivity index (χ2v) is 8.08. The van der Waals surface area contributed by atoms with Crippen LogP contribution in [0.25, 0.3) is 0 Å². The highest BCUT2D eigenvalue weighted by atomic mass is 16.5. The highest BCUT2D eigenvalue weighted by Gasteiger charge is 2.27. The number of carboxylic acids is 1. The first-order chi connectivity index (χ1) is 16.0. The van der Waals surface area contributed by atoms with Gasteiger partial charge in [0.2, 0.25) is 5.91 Å². The van der Waals surface area contributed by atoms with E-state index in [1.807, 2.05) is 30.3 Å². The Balaban J connectivity index is 1.55. The maximum atomic E-state index is 12.8. The molecule has 0 fully saturated rings. The van der Waals surface area contributed by atoms with Crippen molar-refractivity contribution in [1.29, 1.82) is 0 Å². The zero-order valence-corrected chi connectivity index (χ0v) is 18.7. The number of fused-ring (bicyclic) bond motifs is 1. The highest BCUT2D eigenvalue weighted by Crippen LogP contribution is 2.21. The Labute approximate surface area is 193 Å². The van der Waals surface area contributed by atoms with Crippen LogP contribution in [-0.2, 0) is 49.9 Å². The molecule has 2 aromatic carbocycles. The fourth-order valence-corrected chi connectivity index (χ4v) is 3.84. The molecule has 2 atom stereocenters. The van der Waals surface area contributed by atoms with E-state index in [1.165, 1.54) is 23.8 Å². The number of aryl methyl sites for hydroxylation is 1. The molecule has 1 heterocycles. The molecule has 0 saturated heterocycles. The molecule has 176 valence electrons. The molecule has 0 spiro atoms. The van der Waals surface area contributed by atoms with E-state index in [4.69, 9.17) is 9.47 Å². The van der Waals surface area contributed by atoms with Gasteiger partial charge in [-0.15, -0.1) is 0 Å². The van der Waals surface area contributed by atoms with E-state index < -0.39 is 29.9 Å². The van der Waals surface area contributed by atoms with Crippen molar-refractivity contribution in [3.8, 4) is 0 Å². The Morgan fingerprint density at radius 2 is 1.79 bits per heavy atom. The SMILES string of the molecule is COC(=O)C(Cc1ccccc1)NC(=O)C(CC(=O)O)NCCCc1ccc2c(c1)COC2. The Morgan fingerprint density at radius 3 is 2.52 bits per heavy atom. The molecule has 0 bridgehead atoms. The number of aliphatic carboxylic acids is 1. The predicted octanol–water partition coefficient (Wildman–Crippen LogP) is 1.98. The predicted molar refractivity (Wildman–Crippen MR) is 121 cm³/mol. The van der Waals surface area contributed by atoms with E-state index in [2.05, 4.69) is 28.8 Å². The Bertz CT molecular complexity index is 963. The van der Waals surface area contributed by atoms with Crippen LogP contribution in [0.5, 0.6) is 0 Å². The van der Waals surface area contributed by atoms with E-state index in [9.17, 15) is 19.5 Å². The first-order valence-corrected chi connectivity index (χ1v) is 11.0. The van der Waals surface area contributed by atoms with Gasteiger partial charge in [0.1, 0.15) is 6.04 Å². The van der Waals surface area contributed by atoms with Gasteiger partial charge in [0.05, 0.1) is 32.8 Å². The molecule has 3 rings (SSSR count). The lowest BCUT2D eigenvalue weighted by atomic mass is 10.0. The standard InChI is InChI=1S/C25H30N2O6/c1-32-25(31)22(13-17-6-3-2-4-7-17)27-24(30)21(14-23(28)29)26-11-5-8-18-9-10-19-15-33-16-20(19)12-18/h2-4,6-7,9-10,12,21-22,26H,5,8,11,13-16H2,1H3,(H,27,30)(H,28,29). The molecule has 0 saturated carbocycles. The number of benzene rings is 2. The van der Waals surface area contributed by atoms with Gasteiger partial charge in [-0.3, -0.25) is 9.59 Å². The zero-order valence-electron chi connectivity index (χ0n) is 18.7. The van der Waals surface area contributed by atoms with Gasteiger partial charge in [0.15, 0.2) is 0 Å². The van der Waals surface area contributed by atoms with Crippen LogP contribution in [0, 0.1) is 0 Å². The lowest BCUT2D eigenvalue weighted by molar-refractivity contribution is -0.145. The van der Waals surface area contributed by atoms with Crippen molar-refractivity contribution < 1.29 is 29.0 Å². The first-order valence-electron chi connectivity index (χ1n) is 11.0. The minimum Gasteiger partial charge on any atom is -0.481 e. The van der Waals surface area contributed by atoms with Crippen molar-refractivity contribution in [2.75, 3.05) is 13.7 Å². The van der Waals surface area contributed by atoms with Crippen LogP contribution in [0.2, 0.25) is 0 Å². The van der Waals surface area contributed by atoms with E-state index in [0.717, 1.165) is 18.4 Å². The van der Waals surface area contributed by atoms with Crippen LogP contribution in [0.4, 0.5) is 0 Å². The molecule has 33 heavy (non-hydrogen) atoms. The molecule has 2 aromatic rings. The molecular weight excluding hydrogens is 424 g/mol. The summed E-state index contributed by atoms with van der Waals surface area (Å²) in [5.74, 6) is -2.22. The van der Waals surface area contributed by atoms with Gasteiger partial charge in [-0.2, -0.15) is 0 Å². The fourth-order valence-electron chi connectivity index (χ4n) is 3.84. The number of nitrogens with one attached hydrogen (secondary N) is 2. The summed E-state index contributed by atoms with van der Waals surface area (Å²) in [6.07, 6.45) is 1.39. The molecule has 8 nitrogen and oxygen atoms in total. The highest BCUT2D eigenvalue weighted by molar-refractivity contribution is 5.90. The summed E-state index contributed by atoms with van der Waals surface area (Å²) in [7, 11) is 1.25. The van der Waals surface area contributed by atoms with Gasteiger partial charge in [0, 0.05) is 6.42 Å². The monoisotopic (exact) mass is 454 g/mol. The smallest absolute Gasteiger partial charge is 0.328 e. The molecule has 1 amide bonds. The van der Waals surface area contributed by atoms with E-state index >= 15 is 0 Å². The number of carboxylic acid groups (broad SMARTS) is 1. The van der Waals surface area contributed by atoms with Crippen molar-refractivity contribution in [2.24, 2.45) is 0 Å². The largest absolute Gasteiger partial charge is 0.481 e. The van der Waals surface area contributed by atoms with Gasteiger partial charge in [0.25, 0.3) is 0 Å². The number of hydrogen-bond donors (Lipinski definition) is 3.